The van der Waals surface area contributed by atoms with Gasteiger partial charge in [0.15, 0.2) is 0 Å². The molecule has 0 unspecified atom stereocenters. The van der Waals surface area contributed by atoms with Crippen LogP contribution in [-0.4, -0.2) is 16.1 Å². The molecule has 1 N–H and O–H groups in total. The topological polar surface area (TPSA) is 80.4 Å². The van der Waals surface area contributed by atoms with Gasteiger partial charge in [-0.15, -0.1) is 11.3 Å². The summed E-state index contributed by atoms with van der Waals surface area (Å²) in [6, 6.07) is 16.2. The highest BCUT2D eigenvalue weighted by atomic mass is 32.1. The van der Waals surface area contributed by atoms with Crippen LogP contribution in [0.1, 0.15) is 5.56 Å². The molecular weight excluding hydrogens is 312 g/mol. The van der Waals surface area contributed by atoms with Crippen molar-refractivity contribution in [1.29, 1.82) is 0 Å². The fourth-order valence-corrected chi connectivity index (χ4v) is 2.66. The van der Waals surface area contributed by atoms with Gasteiger partial charge in [0.25, 0.3) is 5.69 Å². The fourth-order valence-electron chi connectivity index (χ4n) is 1.99. The molecule has 1 heterocycles. The van der Waals surface area contributed by atoms with Crippen molar-refractivity contribution in [3.63, 3.8) is 0 Å². The third kappa shape index (κ3) is 3.58. The number of anilines is 1. The molecule has 0 bridgehead atoms. The van der Waals surface area contributed by atoms with E-state index in [1.807, 2.05) is 35.7 Å². The van der Waals surface area contributed by atoms with E-state index in [2.05, 4.69) is 15.5 Å². The van der Waals surface area contributed by atoms with Crippen LogP contribution in [0.4, 0.5) is 10.8 Å². The fraction of sp³-hybridized carbons (Fsp3) is 0. The first kappa shape index (κ1) is 14.9. The van der Waals surface area contributed by atoms with Gasteiger partial charge in [-0.3, -0.25) is 15.5 Å². The highest BCUT2D eigenvalue weighted by molar-refractivity contribution is 7.14. The smallest absolute Gasteiger partial charge is 0.258 e. The monoisotopic (exact) mass is 324 g/mol. The van der Waals surface area contributed by atoms with E-state index in [0.717, 1.165) is 11.3 Å². The van der Waals surface area contributed by atoms with Crippen LogP contribution in [0.2, 0.25) is 0 Å². The molecule has 0 radical (unpaired) electrons. The summed E-state index contributed by atoms with van der Waals surface area (Å²) >= 11 is 1.42. The molecule has 3 rings (SSSR count). The minimum absolute atomic E-state index is 0.0159. The highest BCUT2D eigenvalue weighted by Crippen LogP contribution is 2.24. The minimum atomic E-state index is -0.432. The van der Waals surface area contributed by atoms with Gasteiger partial charge in [0.1, 0.15) is 0 Å². The van der Waals surface area contributed by atoms with Crippen molar-refractivity contribution in [1.82, 2.24) is 4.98 Å². The molecule has 1 aromatic heterocycles. The number of nitrogens with one attached hydrogen (secondary N) is 1. The molecule has 0 amide bonds. The van der Waals surface area contributed by atoms with Crippen LogP contribution in [0, 0.1) is 10.1 Å². The van der Waals surface area contributed by atoms with Gasteiger partial charge >= 0.3 is 0 Å². The molecule has 23 heavy (non-hydrogen) atoms. The van der Waals surface area contributed by atoms with Crippen molar-refractivity contribution in [2.45, 2.75) is 0 Å². The largest absolute Gasteiger partial charge is 0.278 e. The summed E-state index contributed by atoms with van der Waals surface area (Å²) in [5.74, 6) is 0. The molecule has 0 fully saturated rings. The summed E-state index contributed by atoms with van der Waals surface area (Å²) in [6.07, 6.45) is 1.42. The van der Waals surface area contributed by atoms with E-state index in [-0.39, 0.29) is 5.69 Å². The van der Waals surface area contributed by atoms with E-state index in [4.69, 9.17) is 0 Å². The van der Waals surface area contributed by atoms with Gasteiger partial charge in [0.2, 0.25) is 5.13 Å². The molecule has 0 aliphatic carbocycles. The average molecular weight is 324 g/mol. The van der Waals surface area contributed by atoms with E-state index < -0.39 is 4.92 Å². The number of nitro benzene ring substituents is 1. The SMILES string of the molecule is O=[N+]([O-])c1ccccc1/C=N/Nc1nc(-c2ccccc2)cs1. The van der Waals surface area contributed by atoms with Gasteiger partial charge in [-0.25, -0.2) is 4.98 Å². The molecular formula is C16H12N4O2S. The number of thiazole rings is 1. The Morgan fingerprint density at radius 1 is 1.13 bits per heavy atom. The summed E-state index contributed by atoms with van der Waals surface area (Å²) in [5, 5.41) is 17.5. The summed E-state index contributed by atoms with van der Waals surface area (Å²) in [4.78, 5) is 14.9. The molecule has 7 heteroatoms. The Labute approximate surface area is 136 Å². The maximum atomic E-state index is 10.9. The molecule has 2 aromatic carbocycles. The Balaban J connectivity index is 1.72. The van der Waals surface area contributed by atoms with Crippen molar-refractivity contribution in [2.75, 3.05) is 5.43 Å². The Morgan fingerprint density at radius 3 is 2.65 bits per heavy atom. The minimum Gasteiger partial charge on any atom is -0.258 e. The summed E-state index contributed by atoms with van der Waals surface area (Å²) in [7, 11) is 0. The molecule has 114 valence electrons. The predicted molar refractivity (Wildman–Crippen MR) is 91.9 cm³/mol. The van der Waals surface area contributed by atoms with Crippen LogP contribution < -0.4 is 5.43 Å². The van der Waals surface area contributed by atoms with Crippen LogP contribution in [0.3, 0.4) is 0 Å². The van der Waals surface area contributed by atoms with Gasteiger partial charge < -0.3 is 0 Å². The molecule has 0 atom stereocenters. The summed E-state index contributed by atoms with van der Waals surface area (Å²) in [6.45, 7) is 0. The molecule has 0 saturated carbocycles. The zero-order valence-electron chi connectivity index (χ0n) is 11.9. The van der Waals surface area contributed by atoms with Crippen molar-refractivity contribution in [3.8, 4) is 11.3 Å². The average Bonchev–Trinajstić information content (AvgIpc) is 3.05. The third-order valence-electron chi connectivity index (χ3n) is 3.07. The van der Waals surface area contributed by atoms with Crippen LogP contribution in [0.25, 0.3) is 11.3 Å². The predicted octanol–water partition coefficient (Wildman–Crippen LogP) is 4.16. The van der Waals surface area contributed by atoms with Gasteiger partial charge in [0, 0.05) is 17.0 Å². The van der Waals surface area contributed by atoms with Crippen molar-refractivity contribution in [2.24, 2.45) is 5.10 Å². The maximum Gasteiger partial charge on any atom is 0.278 e. The number of nitro groups is 1. The van der Waals surface area contributed by atoms with Gasteiger partial charge in [-0.2, -0.15) is 5.10 Å². The van der Waals surface area contributed by atoms with Crippen LogP contribution in [0.15, 0.2) is 65.1 Å². The molecule has 0 aliphatic rings. The van der Waals surface area contributed by atoms with Gasteiger partial charge in [-0.05, 0) is 6.07 Å². The number of hydrogen-bond donors (Lipinski definition) is 1. The number of aromatic nitrogens is 1. The second kappa shape index (κ2) is 6.80. The second-order valence-electron chi connectivity index (χ2n) is 4.59. The number of hydrogen-bond acceptors (Lipinski definition) is 6. The molecule has 0 spiro atoms. The van der Waals surface area contributed by atoms with Crippen molar-refractivity contribution < 1.29 is 4.92 Å². The Hall–Kier alpha value is -3.06. The first-order chi connectivity index (χ1) is 11.2. The van der Waals surface area contributed by atoms with Gasteiger partial charge in [-0.1, -0.05) is 42.5 Å². The molecule has 0 saturated heterocycles. The summed E-state index contributed by atoms with van der Waals surface area (Å²) < 4.78 is 0. The van der Waals surface area contributed by atoms with Crippen LogP contribution >= 0.6 is 11.3 Å². The van der Waals surface area contributed by atoms with E-state index >= 15 is 0 Å². The Bertz CT molecular complexity index is 846. The lowest BCUT2D eigenvalue weighted by atomic mass is 10.2. The quantitative estimate of drug-likeness (QED) is 0.434. The van der Waals surface area contributed by atoms with Crippen LogP contribution in [0.5, 0.6) is 0 Å². The first-order valence-electron chi connectivity index (χ1n) is 6.77. The zero-order valence-corrected chi connectivity index (χ0v) is 12.7. The summed E-state index contributed by atoms with van der Waals surface area (Å²) in [5.41, 5.74) is 5.14. The molecule has 6 nitrogen and oxygen atoms in total. The van der Waals surface area contributed by atoms with Crippen LogP contribution in [-0.2, 0) is 0 Å². The Morgan fingerprint density at radius 2 is 1.87 bits per heavy atom. The van der Waals surface area contributed by atoms with Crippen molar-refractivity contribution in [3.05, 3.63) is 75.7 Å². The number of benzene rings is 2. The number of para-hydroxylation sites is 1. The maximum absolute atomic E-state index is 10.9. The lowest BCUT2D eigenvalue weighted by Gasteiger charge is -1.97. The second-order valence-corrected chi connectivity index (χ2v) is 5.45. The number of nitrogens with zero attached hydrogens (tertiary/aromatic N) is 3. The first-order valence-corrected chi connectivity index (χ1v) is 7.65. The number of hydrazone groups is 1. The van der Waals surface area contributed by atoms with E-state index in [0.29, 0.717) is 10.7 Å². The highest BCUT2D eigenvalue weighted by Gasteiger charge is 2.10. The third-order valence-corrected chi connectivity index (χ3v) is 3.82. The lowest BCUT2D eigenvalue weighted by molar-refractivity contribution is -0.385. The lowest BCUT2D eigenvalue weighted by Crippen LogP contribution is -1.96. The van der Waals surface area contributed by atoms with Gasteiger partial charge in [0.05, 0.1) is 22.4 Å². The Kier molecular flexibility index (Phi) is 4.39. The van der Waals surface area contributed by atoms with E-state index in [1.165, 1.54) is 23.6 Å². The number of rotatable bonds is 5. The van der Waals surface area contributed by atoms with E-state index in [9.17, 15) is 10.1 Å². The van der Waals surface area contributed by atoms with Crippen molar-refractivity contribution >= 4 is 28.4 Å². The molecule has 3 aromatic rings. The normalized spacial score (nSPS) is 10.8. The standard InChI is InChI=1S/C16H12N4O2S/c21-20(22)15-9-5-4-8-13(15)10-17-19-16-18-14(11-23-16)12-6-2-1-3-7-12/h1-11H,(H,18,19)/b17-10+. The van der Waals surface area contributed by atoms with E-state index in [1.54, 1.807) is 18.2 Å². The zero-order chi connectivity index (χ0) is 16.1. The molecule has 0 aliphatic heterocycles.